The molecule has 0 radical (unpaired) electrons. The zero-order chi connectivity index (χ0) is 44.1. The van der Waals surface area contributed by atoms with Gasteiger partial charge in [0, 0.05) is 71.1 Å². The van der Waals surface area contributed by atoms with Crippen LogP contribution >= 0.6 is 11.3 Å². The van der Waals surface area contributed by atoms with E-state index in [4.69, 9.17) is 0 Å². The number of hydrogen-bond donors (Lipinski definition) is 0. The standard InChI is InChI=1S/C59H58BN3S/c1-37-32-51-55-52(33-37)62(41-26-29-54-44(35-41)43-16-10-13-19-53(43)64-54)49-28-22-39(57(5,6)7)34-47(49)60(55)46-27-25-42(36-50(46)61(51)40-23-20-38(21-24-40)56(2,3)4)63-48-18-12-11-17-45(48)58(8)30-14-15-31-59(58,63)9/h10-13,16-29,32-36H,14-15,30-31H2,1-9H3. The van der Waals surface area contributed by atoms with Crippen molar-refractivity contribution >= 4 is 100 Å². The molecule has 2 atom stereocenters. The molecule has 1 fully saturated rings. The minimum absolute atomic E-state index is 0.0157. The average Bonchev–Trinajstić information content (AvgIpc) is 3.74. The minimum Gasteiger partial charge on any atom is -0.334 e. The Kier molecular flexibility index (Phi) is 8.47. The van der Waals surface area contributed by atoms with Crippen LogP contribution in [0, 0.1) is 6.92 Å². The zero-order valence-electron chi connectivity index (χ0n) is 38.9. The van der Waals surface area contributed by atoms with Gasteiger partial charge in [-0.1, -0.05) is 128 Å². The molecule has 1 aliphatic carbocycles. The van der Waals surface area contributed by atoms with Gasteiger partial charge in [-0.05, 0) is 149 Å². The van der Waals surface area contributed by atoms with Gasteiger partial charge in [0.05, 0.1) is 5.54 Å². The molecule has 0 N–H and O–H groups in total. The summed E-state index contributed by atoms with van der Waals surface area (Å²) in [4.78, 5) is 7.95. The molecule has 3 aliphatic heterocycles. The molecule has 64 heavy (non-hydrogen) atoms. The van der Waals surface area contributed by atoms with Crippen LogP contribution in [0.4, 0.5) is 45.5 Å². The van der Waals surface area contributed by atoms with E-state index in [1.54, 1.807) is 0 Å². The number of para-hydroxylation sites is 1. The zero-order valence-corrected chi connectivity index (χ0v) is 39.8. The second kappa shape index (κ2) is 13.6. The number of rotatable bonds is 3. The van der Waals surface area contributed by atoms with Crippen molar-refractivity contribution in [2.24, 2.45) is 0 Å². The molecule has 4 heterocycles. The van der Waals surface area contributed by atoms with Crippen LogP contribution in [0.1, 0.15) is 103 Å². The maximum Gasteiger partial charge on any atom is 0.252 e. The summed E-state index contributed by atoms with van der Waals surface area (Å²) < 4.78 is 2.66. The lowest BCUT2D eigenvalue weighted by Gasteiger charge is -2.50. The summed E-state index contributed by atoms with van der Waals surface area (Å²) in [7, 11) is 0. The molecule has 0 spiro atoms. The number of fused-ring (bicyclic) bond motifs is 10. The molecule has 4 aliphatic rings. The summed E-state index contributed by atoms with van der Waals surface area (Å²) in [5.74, 6) is 0. The molecule has 2 unspecified atom stereocenters. The molecule has 7 aromatic carbocycles. The van der Waals surface area contributed by atoms with E-state index in [2.05, 4.69) is 217 Å². The first-order chi connectivity index (χ1) is 30.6. The first kappa shape index (κ1) is 39.8. The highest BCUT2D eigenvalue weighted by Crippen LogP contribution is 2.61. The summed E-state index contributed by atoms with van der Waals surface area (Å²) in [6.45, 7) is 21.4. The van der Waals surface area contributed by atoms with Crippen LogP contribution in [0.3, 0.4) is 0 Å². The third kappa shape index (κ3) is 5.58. The van der Waals surface area contributed by atoms with Gasteiger partial charge in [-0.15, -0.1) is 11.3 Å². The summed E-state index contributed by atoms with van der Waals surface area (Å²) in [6.07, 6.45) is 4.92. The largest absolute Gasteiger partial charge is 0.334 e. The van der Waals surface area contributed by atoms with Crippen LogP contribution in [0.15, 0.2) is 140 Å². The second-order valence-corrected chi connectivity index (χ2v) is 22.9. The van der Waals surface area contributed by atoms with Gasteiger partial charge in [0.2, 0.25) is 0 Å². The van der Waals surface area contributed by atoms with Crippen molar-refractivity contribution in [3.8, 4) is 0 Å². The van der Waals surface area contributed by atoms with E-state index in [-0.39, 0.29) is 28.5 Å². The Morgan fingerprint density at radius 1 is 0.516 bits per heavy atom. The summed E-state index contributed by atoms with van der Waals surface area (Å²) in [5.41, 5.74) is 19.7. The molecule has 1 saturated carbocycles. The highest BCUT2D eigenvalue weighted by atomic mass is 32.1. The lowest BCUT2D eigenvalue weighted by Crippen LogP contribution is -2.61. The topological polar surface area (TPSA) is 9.72 Å². The molecular weight excluding hydrogens is 794 g/mol. The first-order valence-electron chi connectivity index (χ1n) is 23.6. The average molecular weight is 852 g/mol. The van der Waals surface area contributed by atoms with Gasteiger partial charge in [-0.2, -0.15) is 0 Å². The maximum absolute atomic E-state index is 2.75. The van der Waals surface area contributed by atoms with Crippen molar-refractivity contribution in [1.82, 2.24) is 0 Å². The van der Waals surface area contributed by atoms with Crippen molar-refractivity contribution in [3.05, 3.63) is 162 Å². The SMILES string of the molecule is Cc1cc2c3c(c1)N(c1ccc(C(C)(C)C)cc1)c1cc(N4c5ccccc5C5(C)CCCCC45C)ccc1B3c1cc(C(C)(C)C)ccc1N2c1ccc2sc3ccccc3c2c1. The van der Waals surface area contributed by atoms with E-state index < -0.39 is 0 Å². The Morgan fingerprint density at radius 2 is 1.16 bits per heavy atom. The van der Waals surface area contributed by atoms with Crippen LogP contribution in [-0.2, 0) is 16.2 Å². The molecule has 12 rings (SSSR count). The van der Waals surface area contributed by atoms with Crippen molar-refractivity contribution in [2.45, 2.75) is 110 Å². The van der Waals surface area contributed by atoms with E-state index in [1.165, 1.54) is 130 Å². The van der Waals surface area contributed by atoms with Gasteiger partial charge in [0.15, 0.2) is 0 Å². The fourth-order valence-electron chi connectivity index (χ4n) is 12.3. The Labute approximate surface area is 384 Å². The normalized spacial score (nSPS) is 20.0. The lowest BCUT2D eigenvalue weighted by molar-refractivity contribution is 0.195. The van der Waals surface area contributed by atoms with Crippen molar-refractivity contribution in [1.29, 1.82) is 0 Å². The number of hydrogen-bond acceptors (Lipinski definition) is 4. The second-order valence-electron chi connectivity index (χ2n) is 21.8. The molecule has 0 amide bonds. The van der Waals surface area contributed by atoms with E-state index in [9.17, 15) is 0 Å². The number of benzene rings is 7. The molecule has 8 aromatic rings. The molecule has 5 heteroatoms. The third-order valence-electron chi connectivity index (χ3n) is 15.9. The number of aryl methyl sites for hydroxylation is 1. The monoisotopic (exact) mass is 851 g/mol. The Morgan fingerprint density at radius 3 is 1.92 bits per heavy atom. The third-order valence-corrected chi connectivity index (χ3v) is 17.1. The molecule has 3 nitrogen and oxygen atoms in total. The maximum atomic E-state index is 2.75. The summed E-state index contributed by atoms with van der Waals surface area (Å²) in [5, 5.41) is 2.64. The van der Waals surface area contributed by atoms with Crippen LogP contribution < -0.4 is 31.1 Å². The quantitative estimate of drug-likeness (QED) is 0.164. The van der Waals surface area contributed by atoms with Gasteiger partial charge in [-0.3, -0.25) is 0 Å². The Balaban J connectivity index is 1.14. The lowest BCUT2D eigenvalue weighted by atomic mass is 9.33. The van der Waals surface area contributed by atoms with E-state index in [0.717, 1.165) is 0 Å². The number of thiophene rings is 1. The van der Waals surface area contributed by atoms with Crippen LogP contribution in [0.25, 0.3) is 20.2 Å². The van der Waals surface area contributed by atoms with Gasteiger partial charge < -0.3 is 14.7 Å². The highest BCUT2D eigenvalue weighted by Gasteiger charge is 2.57. The van der Waals surface area contributed by atoms with E-state index in [0.29, 0.717) is 0 Å². The summed E-state index contributed by atoms with van der Waals surface area (Å²) >= 11 is 1.89. The van der Waals surface area contributed by atoms with Crippen molar-refractivity contribution < 1.29 is 0 Å². The minimum atomic E-state index is -0.0346. The summed E-state index contributed by atoms with van der Waals surface area (Å²) in [6, 6.07) is 54.6. The fraction of sp³-hybridized carbons (Fsp3) is 0.288. The molecule has 0 bridgehead atoms. The first-order valence-corrected chi connectivity index (χ1v) is 24.4. The molecule has 0 saturated heterocycles. The smallest absolute Gasteiger partial charge is 0.252 e. The van der Waals surface area contributed by atoms with E-state index in [1.807, 2.05) is 11.3 Å². The van der Waals surface area contributed by atoms with Gasteiger partial charge in [-0.25, -0.2) is 0 Å². The molecular formula is C59H58BN3S. The Bertz CT molecular complexity index is 3220. The van der Waals surface area contributed by atoms with Crippen LogP contribution in [0.2, 0.25) is 0 Å². The van der Waals surface area contributed by atoms with Gasteiger partial charge in [0.25, 0.3) is 6.71 Å². The van der Waals surface area contributed by atoms with Crippen LogP contribution in [-0.4, -0.2) is 12.3 Å². The predicted octanol–water partition coefficient (Wildman–Crippen LogP) is 14.8. The van der Waals surface area contributed by atoms with Crippen molar-refractivity contribution in [3.63, 3.8) is 0 Å². The predicted molar refractivity (Wildman–Crippen MR) is 278 cm³/mol. The van der Waals surface area contributed by atoms with Crippen LogP contribution in [0.5, 0.6) is 0 Å². The number of anilines is 8. The fourth-order valence-corrected chi connectivity index (χ4v) is 13.4. The molecule has 318 valence electrons. The Hall–Kier alpha value is -5.78. The van der Waals surface area contributed by atoms with Gasteiger partial charge in [0.1, 0.15) is 0 Å². The highest BCUT2D eigenvalue weighted by molar-refractivity contribution is 7.25. The van der Waals surface area contributed by atoms with E-state index >= 15 is 0 Å². The van der Waals surface area contributed by atoms with Gasteiger partial charge >= 0.3 is 0 Å². The van der Waals surface area contributed by atoms with Crippen molar-refractivity contribution in [2.75, 3.05) is 14.7 Å². The molecule has 1 aromatic heterocycles. The number of nitrogens with zero attached hydrogens (tertiary/aromatic N) is 3.